The van der Waals surface area contributed by atoms with Crippen LogP contribution in [-0.2, 0) is 0 Å². The lowest BCUT2D eigenvalue weighted by Crippen LogP contribution is -2.03. The van der Waals surface area contributed by atoms with Crippen LogP contribution in [0.4, 0.5) is 0 Å². The highest BCUT2D eigenvalue weighted by atomic mass is 16.4. The highest BCUT2D eigenvalue weighted by Crippen LogP contribution is 2.31. The molecule has 100 valence electrons. The highest BCUT2D eigenvalue weighted by molar-refractivity contribution is 5.98. The second kappa shape index (κ2) is 4.65. The van der Waals surface area contributed by atoms with Gasteiger partial charge in [0, 0.05) is 16.6 Å². The Morgan fingerprint density at radius 2 is 1.58 bits per heavy atom. The van der Waals surface area contributed by atoms with Gasteiger partial charge in [0.05, 0.1) is 13.1 Å². The van der Waals surface area contributed by atoms with Crippen molar-refractivity contribution in [2.24, 2.45) is 5.16 Å². The molecule has 0 spiro atoms. The van der Waals surface area contributed by atoms with Gasteiger partial charge in [-0.25, -0.2) is 0 Å². The molecule has 0 aliphatic heterocycles. The molecular formula is C16H20N2O. The minimum Gasteiger partial charge on any atom is -0.411 e. The number of benzene rings is 1. The van der Waals surface area contributed by atoms with Gasteiger partial charge >= 0.3 is 0 Å². The number of fused-ring (bicyclic) bond motifs is 1. The molecule has 1 heterocycles. The fourth-order valence-electron chi connectivity index (χ4n) is 2.66. The molecular weight excluding hydrogens is 236 g/mol. The van der Waals surface area contributed by atoms with Crippen LogP contribution in [0.1, 0.15) is 40.4 Å². The maximum absolute atomic E-state index is 8.95. The van der Waals surface area contributed by atoms with E-state index in [-0.39, 0.29) is 6.19 Å². The monoisotopic (exact) mass is 258 g/mol. The summed E-state index contributed by atoms with van der Waals surface area (Å²) in [6, 6.07) is 0. The van der Waals surface area contributed by atoms with Gasteiger partial charge in [-0.05, 0) is 69.4 Å². The Hall–Kier alpha value is -1.90. The topological polar surface area (TPSA) is 45.5 Å². The molecule has 0 saturated heterocycles. The summed E-state index contributed by atoms with van der Waals surface area (Å²) in [6.07, 6.45) is -0.0948. The average molecular weight is 258 g/mol. The van der Waals surface area contributed by atoms with Crippen LogP contribution >= 0.6 is 0 Å². The smallest absolute Gasteiger partial charge is 0.0882 e. The minimum absolute atomic E-state index is 0.0948. The lowest BCUT2D eigenvalue weighted by molar-refractivity contribution is 0.322. The SMILES string of the molecule is [3H]C(=NO)c1c(C)c(C)c2nc(C)c(C)c(C)c2c1C. The van der Waals surface area contributed by atoms with E-state index in [1.807, 2.05) is 27.7 Å². The summed E-state index contributed by atoms with van der Waals surface area (Å²) in [4.78, 5) is 4.72. The molecule has 0 atom stereocenters. The predicted octanol–water partition coefficient (Wildman–Crippen LogP) is 3.89. The average Bonchev–Trinajstić information content (AvgIpc) is 2.41. The molecule has 0 aliphatic carbocycles. The van der Waals surface area contributed by atoms with E-state index in [1.165, 1.54) is 11.1 Å². The van der Waals surface area contributed by atoms with Gasteiger partial charge in [0.15, 0.2) is 0 Å². The van der Waals surface area contributed by atoms with Gasteiger partial charge in [-0.1, -0.05) is 5.16 Å². The van der Waals surface area contributed by atoms with Crippen LogP contribution in [-0.4, -0.2) is 16.4 Å². The van der Waals surface area contributed by atoms with Crippen LogP contribution in [0, 0.1) is 41.5 Å². The van der Waals surface area contributed by atoms with Gasteiger partial charge in [-0.15, -0.1) is 0 Å². The zero-order valence-corrected chi connectivity index (χ0v) is 12.3. The Balaban J connectivity index is 3.10. The Bertz CT molecular complexity index is 748. The van der Waals surface area contributed by atoms with E-state index in [0.717, 1.165) is 33.3 Å². The molecule has 1 aromatic heterocycles. The quantitative estimate of drug-likeness (QED) is 0.479. The third-order valence-corrected chi connectivity index (χ3v) is 4.20. The predicted molar refractivity (Wildman–Crippen MR) is 79.5 cm³/mol. The van der Waals surface area contributed by atoms with Crippen molar-refractivity contribution in [3.63, 3.8) is 0 Å². The molecule has 0 fully saturated rings. The first-order chi connectivity index (χ1) is 9.31. The van der Waals surface area contributed by atoms with Crippen LogP contribution in [0.3, 0.4) is 0 Å². The molecule has 2 aromatic rings. The van der Waals surface area contributed by atoms with Gasteiger partial charge in [-0.3, -0.25) is 4.98 Å². The van der Waals surface area contributed by atoms with E-state index in [9.17, 15) is 0 Å². The highest BCUT2D eigenvalue weighted by Gasteiger charge is 2.15. The first-order valence-corrected chi connectivity index (χ1v) is 6.37. The van der Waals surface area contributed by atoms with Gasteiger partial charge in [0.25, 0.3) is 0 Å². The van der Waals surface area contributed by atoms with Crippen LogP contribution in [0.5, 0.6) is 0 Å². The Kier molecular flexibility index (Phi) is 2.97. The molecule has 19 heavy (non-hydrogen) atoms. The van der Waals surface area contributed by atoms with Crippen LogP contribution < -0.4 is 0 Å². The number of rotatable bonds is 1. The molecule has 0 unspecified atom stereocenters. The maximum Gasteiger partial charge on any atom is 0.0882 e. The van der Waals surface area contributed by atoms with Gasteiger partial charge < -0.3 is 5.21 Å². The molecule has 3 heteroatoms. The summed E-state index contributed by atoms with van der Waals surface area (Å²) in [5.74, 6) is 0. The van der Waals surface area contributed by atoms with Crippen molar-refractivity contribution in [3.05, 3.63) is 39.1 Å². The third kappa shape index (κ3) is 1.89. The zero-order valence-electron chi connectivity index (χ0n) is 13.3. The van der Waals surface area contributed by atoms with Crippen molar-refractivity contribution in [2.75, 3.05) is 0 Å². The standard InChI is InChI=1S/C16H20N2O/c1-8-10(3)15-12(5)14(7-17-19)9(2)11(4)16(15)18-13(8)6/h7,19H,1-6H3/i7T. The maximum atomic E-state index is 8.95. The molecule has 2 rings (SSSR count). The van der Waals surface area contributed by atoms with Crippen molar-refractivity contribution >= 4 is 17.1 Å². The fourth-order valence-corrected chi connectivity index (χ4v) is 2.66. The van der Waals surface area contributed by atoms with Crippen molar-refractivity contribution in [3.8, 4) is 0 Å². The number of aryl methyl sites for hydroxylation is 4. The van der Waals surface area contributed by atoms with Gasteiger partial charge in [-0.2, -0.15) is 0 Å². The summed E-state index contributed by atoms with van der Waals surface area (Å²) in [5, 5.41) is 13.1. The lowest BCUT2D eigenvalue weighted by Gasteiger charge is -2.17. The molecule has 0 saturated carbocycles. The number of hydrogen-bond acceptors (Lipinski definition) is 3. The first-order valence-electron chi connectivity index (χ1n) is 6.87. The minimum atomic E-state index is -0.0948. The summed E-state index contributed by atoms with van der Waals surface area (Å²) in [6.45, 7) is 12.1. The second-order valence-corrected chi connectivity index (χ2v) is 5.13. The van der Waals surface area contributed by atoms with Crippen LogP contribution in [0.2, 0.25) is 0 Å². The van der Waals surface area contributed by atoms with E-state index in [0.29, 0.717) is 5.56 Å². The number of hydrogen-bond donors (Lipinski definition) is 1. The van der Waals surface area contributed by atoms with Crippen LogP contribution in [0.25, 0.3) is 10.9 Å². The molecule has 1 N–H and O–H groups in total. The second-order valence-electron chi connectivity index (χ2n) is 5.13. The van der Waals surface area contributed by atoms with Crippen molar-refractivity contribution < 1.29 is 6.58 Å². The molecule has 0 radical (unpaired) electrons. The fraction of sp³-hybridized carbons (Fsp3) is 0.375. The summed E-state index contributed by atoms with van der Waals surface area (Å²) in [7, 11) is 0. The van der Waals surface area contributed by atoms with Crippen molar-refractivity contribution in [1.29, 1.82) is 0 Å². The summed E-state index contributed by atoms with van der Waals surface area (Å²) >= 11 is 0. The van der Waals surface area contributed by atoms with E-state index >= 15 is 0 Å². The van der Waals surface area contributed by atoms with Gasteiger partial charge in [0.1, 0.15) is 0 Å². The van der Waals surface area contributed by atoms with E-state index in [2.05, 4.69) is 19.0 Å². The van der Waals surface area contributed by atoms with Crippen molar-refractivity contribution in [1.82, 2.24) is 4.98 Å². The Morgan fingerprint density at radius 3 is 2.16 bits per heavy atom. The zero-order chi connectivity index (χ0) is 15.2. The lowest BCUT2D eigenvalue weighted by atomic mass is 9.90. The summed E-state index contributed by atoms with van der Waals surface area (Å²) < 4.78 is 7.86. The number of nitrogens with zero attached hydrogens (tertiary/aromatic N) is 2. The number of oxime groups is 1. The Labute approximate surface area is 115 Å². The first kappa shape index (κ1) is 12.2. The molecule has 1 aromatic carbocycles. The Morgan fingerprint density at radius 1 is 0.947 bits per heavy atom. The third-order valence-electron chi connectivity index (χ3n) is 4.20. The number of aromatic nitrogens is 1. The normalized spacial score (nSPS) is 12.9. The molecule has 0 aliphatic rings. The number of pyridine rings is 1. The molecule has 0 amide bonds. The van der Waals surface area contributed by atoms with Crippen LogP contribution in [0.15, 0.2) is 5.16 Å². The van der Waals surface area contributed by atoms with Crippen molar-refractivity contribution in [2.45, 2.75) is 41.5 Å². The van der Waals surface area contributed by atoms with E-state index in [4.69, 9.17) is 11.6 Å². The summed E-state index contributed by atoms with van der Waals surface area (Å²) in [5.41, 5.74) is 8.02. The van der Waals surface area contributed by atoms with E-state index in [1.54, 1.807) is 0 Å². The molecule has 3 nitrogen and oxygen atoms in total. The molecule has 0 bridgehead atoms. The van der Waals surface area contributed by atoms with E-state index < -0.39 is 0 Å². The van der Waals surface area contributed by atoms with Gasteiger partial charge in [0.2, 0.25) is 0 Å². The largest absolute Gasteiger partial charge is 0.411 e.